The molecule has 3 aliphatic carbocycles. The molecule has 0 aromatic rings. The van der Waals surface area contributed by atoms with E-state index < -0.39 is 0 Å². The minimum Gasteiger partial charge on any atom is -0.300 e. The monoisotopic (exact) mass is 360 g/mol. The molecule has 0 aromatic carbocycles. The fraction of sp³-hybridized carbons (Fsp3) is 0.960. The van der Waals surface area contributed by atoms with Crippen LogP contribution in [0.3, 0.4) is 0 Å². The van der Waals surface area contributed by atoms with E-state index in [9.17, 15) is 4.79 Å². The van der Waals surface area contributed by atoms with Crippen molar-refractivity contribution in [2.75, 3.05) is 0 Å². The third kappa shape index (κ3) is 6.10. The van der Waals surface area contributed by atoms with Crippen LogP contribution in [0.15, 0.2) is 0 Å². The van der Waals surface area contributed by atoms with Gasteiger partial charge in [-0.2, -0.15) is 0 Å². The van der Waals surface area contributed by atoms with E-state index in [1.54, 1.807) is 0 Å². The van der Waals surface area contributed by atoms with Gasteiger partial charge in [-0.1, -0.05) is 71.1 Å². The molecule has 3 aliphatic rings. The maximum absolute atomic E-state index is 11.7. The van der Waals surface area contributed by atoms with E-state index in [0.29, 0.717) is 5.78 Å². The summed E-state index contributed by atoms with van der Waals surface area (Å²) in [5.41, 5.74) is 0. The summed E-state index contributed by atoms with van der Waals surface area (Å²) in [4.78, 5) is 11.7. The van der Waals surface area contributed by atoms with E-state index in [-0.39, 0.29) is 0 Å². The average molecular weight is 361 g/mol. The molecule has 150 valence electrons. The van der Waals surface area contributed by atoms with Crippen LogP contribution in [0.1, 0.15) is 122 Å². The molecule has 3 fully saturated rings. The van der Waals surface area contributed by atoms with Gasteiger partial charge in [-0.25, -0.2) is 0 Å². The molecule has 0 saturated heterocycles. The molecule has 0 radical (unpaired) electrons. The van der Waals surface area contributed by atoms with Gasteiger partial charge >= 0.3 is 0 Å². The molecule has 3 unspecified atom stereocenters. The van der Waals surface area contributed by atoms with Gasteiger partial charge in [0, 0.05) is 12.8 Å². The number of hydrogen-bond donors (Lipinski definition) is 0. The second kappa shape index (κ2) is 10.9. The van der Waals surface area contributed by atoms with Crippen LogP contribution in [0, 0.1) is 29.6 Å². The van der Waals surface area contributed by atoms with Crippen molar-refractivity contribution in [1.82, 2.24) is 0 Å². The van der Waals surface area contributed by atoms with Crippen LogP contribution in [-0.4, -0.2) is 5.78 Å². The van der Waals surface area contributed by atoms with Gasteiger partial charge in [0.2, 0.25) is 0 Å². The lowest BCUT2D eigenvalue weighted by atomic mass is 9.62. The van der Waals surface area contributed by atoms with Crippen LogP contribution in [-0.2, 0) is 4.79 Å². The molecule has 26 heavy (non-hydrogen) atoms. The normalized spacial score (nSPS) is 35.3. The van der Waals surface area contributed by atoms with Gasteiger partial charge in [0.05, 0.1) is 0 Å². The fourth-order valence-electron chi connectivity index (χ4n) is 6.49. The minimum absolute atomic E-state index is 0.551. The first-order valence-electron chi connectivity index (χ1n) is 12.3. The molecule has 0 spiro atoms. The number of fused-ring (bicyclic) bond motifs is 1. The molecular formula is C25H44O. The van der Waals surface area contributed by atoms with Gasteiger partial charge in [-0.05, 0) is 68.1 Å². The van der Waals surface area contributed by atoms with Crippen molar-refractivity contribution in [3.8, 4) is 0 Å². The fourth-order valence-corrected chi connectivity index (χ4v) is 6.49. The SMILES string of the molecule is CCCCCCCCCC1CCC(C2CCC3CC(=O)CCC3C2)CC1. The van der Waals surface area contributed by atoms with Crippen molar-refractivity contribution in [1.29, 1.82) is 0 Å². The van der Waals surface area contributed by atoms with E-state index >= 15 is 0 Å². The van der Waals surface area contributed by atoms with Gasteiger partial charge in [-0.3, -0.25) is 4.79 Å². The Morgan fingerprint density at radius 3 is 2.08 bits per heavy atom. The summed E-state index contributed by atoms with van der Waals surface area (Å²) in [5, 5.41) is 0. The molecular weight excluding hydrogens is 316 g/mol. The highest BCUT2D eigenvalue weighted by Gasteiger charge is 2.38. The van der Waals surface area contributed by atoms with E-state index in [0.717, 1.165) is 42.4 Å². The first kappa shape index (κ1) is 20.4. The predicted octanol–water partition coefficient (Wildman–Crippen LogP) is 7.72. The maximum atomic E-state index is 11.7. The molecule has 3 rings (SSSR count). The lowest BCUT2D eigenvalue weighted by Crippen LogP contribution is -2.34. The van der Waals surface area contributed by atoms with Crippen molar-refractivity contribution in [3.63, 3.8) is 0 Å². The highest BCUT2D eigenvalue weighted by Crippen LogP contribution is 2.47. The summed E-state index contributed by atoms with van der Waals surface area (Å²) < 4.78 is 0. The minimum atomic E-state index is 0.551. The number of Topliss-reactive ketones (excluding diaryl/α,β-unsaturated/α-hetero) is 1. The second-order valence-corrected chi connectivity index (χ2v) is 10.1. The van der Waals surface area contributed by atoms with Crippen molar-refractivity contribution in [2.45, 2.75) is 122 Å². The van der Waals surface area contributed by atoms with Crippen LogP contribution in [0.2, 0.25) is 0 Å². The van der Waals surface area contributed by atoms with E-state index in [2.05, 4.69) is 6.92 Å². The predicted molar refractivity (Wildman–Crippen MR) is 111 cm³/mol. The van der Waals surface area contributed by atoms with Gasteiger partial charge < -0.3 is 0 Å². The van der Waals surface area contributed by atoms with Crippen LogP contribution in [0.25, 0.3) is 0 Å². The molecule has 0 heterocycles. The highest BCUT2D eigenvalue weighted by molar-refractivity contribution is 5.79. The number of carbonyl (C=O) groups is 1. The van der Waals surface area contributed by atoms with Crippen LogP contribution in [0.5, 0.6) is 0 Å². The maximum Gasteiger partial charge on any atom is 0.133 e. The van der Waals surface area contributed by atoms with Crippen molar-refractivity contribution < 1.29 is 4.79 Å². The average Bonchev–Trinajstić information content (AvgIpc) is 2.67. The standard InChI is InChI=1S/C25H44O/c1-2-3-4-5-6-7-8-9-20-10-12-21(13-11-20)22-14-15-24-19-25(26)17-16-23(24)18-22/h20-24H,2-19H2,1H3. The van der Waals surface area contributed by atoms with Crippen molar-refractivity contribution >= 4 is 5.78 Å². The number of carbonyl (C=O) groups excluding carboxylic acids is 1. The molecule has 3 saturated carbocycles. The molecule has 0 aliphatic heterocycles. The number of rotatable bonds is 9. The summed E-state index contributed by atoms with van der Waals surface area (Å²) in [7, 11) is 0. The highest BCUT2D eigenvalue weighted by atomic mass is 16.1. The Morgan fingerprint density at radius 1 is 0.692 bits per heavy atom. The third-order valence-electron chi connectivity index (χ3n) is 8.24. The Bertz CT molecular complexity index is 406. The quantitative estimate of drug-likeness (QED) is 0.385. The first-order chi connectivity index (χ1) is 12.8. The zero-order valence-electron chi connectivity index (χ0n) is 17.5. The van der Waals surface area contributed by atoms with E-state index in [1.165, 1.54) is 103 Å². The Labute approximate surface area is 163 Å². The Morgan fingerprint density at radius 2 is 1.31 bits per heavy atom. The van der Waals surface area contributed by atoms with Crippen molar-refractivity contribution in [3.05, 3.63) is 0 Å². The Kier molecular flexibility index (Phi) is 8.53. The topological polar surface area (TPSA) is 17.1 Å². The van der Waals surface area contributed by atoms with Crippen LogP contribution in [0.4, 0.5) is 0 Å². The summed E-state index contributed by atoms with van der Waals surface area (Å²) in [6.45, 7) is 2.30. The summed E-state index contributed by atoms with van der Waals surface area (Å²) in [6.07, 6.45) is 25.0. The van der Waals surface area contributed by atoms with Crippen molar-refractivity contribution in [2.24, 2.45) is 29.6 Å². The van der Waals surface area contributed by atoms with Gasteiger partial charge in [0.1, 0.15) is 5.78 Å². The lowest BCUT2D eigenvalue weighted by molar-refractivity contribution is -0.123. The summed E-state index contributed by atoms with van der Waals surface area (Å²) in [5.74, 6) is 5.29. The number of ketones is 1. The van der Waals surface area contributed by atoms with Gasteiger partial charge in [0.25, 0.3) is 0 Å². The first-order valence-corrected chi connectivity index (χ1v) is 12.3. The van der Waals surface area contributed by atoms with E-state index in [4.69, 9.17) is 0 Å². The van der Waals surface area contributed by atoms with Crippen LogP contribution < -0.4 is 0 Å². The zero-order valence-corrected chi connectivity index (χ0v) is 17.5. The number of hydrogen-bond acceptors (Lipinski definition) is 1. The number of unbranched alkanes of at least 4 members (excludes halogenated alkanes) is 6. The molecule has 0 amide bonds. The summed E-state index contributed by atoms with van der Waals surface area (Å²) >= 11 is 0. The smallest absolute Gasteiger partial charge is 0.133 e. The van der Waals surface area contributed by atoms with Gasteiger partial charge in [0.15, 0.2) is 0 Å². The third-order valence-corrected chi connectivity index (χ3v) is 8.24. The molecule has 3 atom stereocenters. The van der Waals surface area contributed by atoms with E-state index in [1.807, 2.05) is 0 Å². The summed E-state index contributed by atoms with van der Waals surface area (Å²) in [6, 6.07) is 0. The van der Waals surface area contributed by atoms with Gasteiger partial charge in [-0.15, -0.1) is 0 Å². The van der Waals surface area contributed by atoms with Crippen LogP contribution >= 0.6 is 0 Å². The molecule has 0 N–H and O–H groups in total. The second-order valence-electron chi connectivity index (χ2n) is 10.1. The molecule has 0 bridgehead atoms. The zero-order chi connectivity index (χ0) is 18.2. The Balaban J connectivity index is 1.27. The molecule has 1 heteroatoms. The Hall–Kier alpha value is -0.330. The molecule has 0 aromatic heterocycles. The lowest BCUT2D eigenvalue weighted by Gasteiger charge is -2.43. The molecule has 1 nitrogen and oxygen atoms in total. The largest absolute Gasteiger partial charge is 0.300 e.